The van der Waals surface area contributed by atoms with Gasteiger partial charge in [0.05, 0.1) is 23.3 Å². The molecule has 1 saturated carbocycles. The normalized spacial score (nSPS) is 15.3. The Hall–Kier alpha value is -2.47. The zero-order valence-electron chi connectivity index (χ0n) is 16.7. The van der Waals surface area contributed by atoms with Crippen LogP contribution in [-0.2, 0) is 0 Å². The summed E-state index contributed by atoms with van der Waals surface area (Å²) in [5.74, 6) is 0.0223. The van der Waals surface area contributed by atoms with Crippen LogP contribution in [0.1, 0.15) is 44.3 Å². The SMILES string of the molecule is CCC(C1CCC1)n1c(=O)c(C)nc2c(-c3cc(F)c(OC)cc3Cl)nccc21. The molecule has 1 aliphatic rings. The van der Waals surface area contributed by atoms with Gasteiger partial charge in [0.25, 0.3) is 5.56 Å². The molecule has 0 aliphatic heterocycles. The summed E-state index contributed by atoms with van der Waals surface area (Å²) < 4.78 is 21.3. The molecule has 4 rings (SSSR count). The molecule has 0 bridgehead atoms. The number of hydrogen-bond donors (Lipinski definition) is 0. The van der Waals surface area contributed by atoms with Crippen molar-refractivity contribution in [2.24, 2.45) is 5.92 Å². The van der Waals surface area contributed by atoms with Gasteiger partial charge in [0, 0.05) is 23.9 Å². The van der Waals surface area contributed by atoms with E-state index in [-0.39, 0.29) is 17.4 Å². The fraction of sp³-hybridized carbons (Fsp3) is 0.409. The summed E-state index contributed by atoms with van der Waals surface area (Å²) in [6, 6.07) is 4.65. The van der Waals surface area contributed by atoms with Crippen LogP contribution in [-0.4, -0.2) is 21.6 Å². The maximum absolute atomic E-state index is 14.4. The monoisotopic (exact) mass is 415 g/mol. The summed E-state index contributed by atoms with van der Waals surface area (Å²) >= 11 is 6.41. The van der Waals surface area contributed by atoms with Gasteiger partial charge in [-0.15, -0.1) is 0 Å². The number of pyridine rings is 1. The van der Waals surface area contributed by atoms with Gasteiger partial charge >= 0.3 is 0 Å². The molecule has 152 valence electrons. The van der Waals surface area contributed by atoms with Gasteiger partial charge in [-0.3, -0.25) is 9.78 Å². The molecule has 29 heavy (non-hydrogen) atoms. The van der Waals surface area contributed by atoms with Gasteiger partial charge in [0.1, 0.15) is 11.2 Å². The number of aryl methyl sites for hydroxylation is 1. The Bertz CT molecular complexity index is 1140. The van der Waals surface area contributed by atoms with E-state index in [0.717, 1.165) is 19.3 Å². The standard InChI is InChI=1S/C22H23ClFN3O2/c1-4-17(13-6-5-7-13)27-18-8-9-25-20(21(18)26-12(2)22(27)28)14-10-16(24)19(29-3)11-15(14)23/h8-11,13,17H,4-7H2,1-3H3. The molecule has 0 N–H and O–H groups in total. The lowest BCUT2D eigenvalue weighted by molar-refractivity contribution is 0.203. The molecule has 1 unspecified atom stereocenters. The van der Waals surface area contributed by atoms with Gasteiger partial charge in [0.15, 0.2) is 11.6 Å². The first-order chi connectivity index (χ1) is 14.0. The first-order valence-electron chi connectivity index (χ1n) is 9.87. The maximum atomic E-state index is 14.4. The molecule has 0 saturated heterocycles. The van der Waals surface area contributed by atoms with E-state index in [1.165, 1.54) is 25.7 Å². The molecule has 2 aromatic heterocycles. The summed E-state index contributed by atoms with van der Waals surface area (Å²) in [5.41, 5.74) is 2.44. The molecule has 0 radical (unpaired) electrons. The lowest BCUT2D eigenvalue weighted by Crippen LogP contribution is -2.34. The molecule has 1 fully saturated rings. The predicted molar refractivity (Wildman–Crippen MR) is 112 cm³/mol. The lowest BCUT2D eigenvalue weighted by atomic mass is 9.78. The number of methoxy groups -OCH3 is 1. The number of fused-ring (bicyclic) bond motifs is 1. The third kappa shape index (κ3) is 3.29. The van der Waals surface area contributed by atoms with Crippen LogP contribution >= 0.6 is 11.6 Å². The highest BCUT2D eigenvalue weighted by Gasteiger charge is 2.30. The second-order valence-corrected chi connectivity index (χ2v) is 7.94. The summed E-state index contributed by atoms with van der Waals surface area (Å²) in [5, 5.41) is 0.312. The number of nitrogens with zero attached hydrogens (tertiary/aromatic N) is 3. The minimum atomic E-state index is -0.531. The second-order valence-electron chi connectivity index (χ2n) is 7.53. The molecule has 1 atom stereocenters. The Balaban J connectivity index is 1.99. The Kier molecular flexibility index (Phi) is 5.30. The van der Waals surface area contributed by atoms with Crippen molar-refractivity contribution in [1.82, 2.24) is 14.5 Å². The van der Waals surface area contributed by atoms with E-state index in [0.29, 0.717) is 38.9 Å². The molecule has 5 nitrogen and oxygen atoms in total. The average Bonchev–Trinajstić information content (AvgIpc) is 2.67. The first-order valence-corrected chi connectivity index (χ1v) is 10.2. The predicted octanol–water partition coefficient (Wildman–Crippen LogP) is 5.32. The van der Waals surface area contributed by atoms with Crippen molar-refractivity contribution in [1.29, 1.82) is 0 Å². The lowest BCUT2D eigenvalue weighted by Gasteiger charge is -2.35. The number of rotatable bonds is 5. The van der Waals surface area contributed by atoms with Crippen LogP contribution in [0.15, 0.2) is 29.2 Å². The maximum Gasteiger partial charge on any atom is 0.272 e. The van der Waals surface area contributed by atoms with E-state index in [1.807, 2.05) is 10.6 Å². The summed E-state index contributed by atoms with van der Waals surface area (Å²) in [7, 11) is 1.39. The van der Waals surface area contributed by atoms with Crippen molar-refractivity contribution in [2.45, 2.75) is 45.6 Å². The van der Waals surface area contributed by atoms with Gasteiger partial charge in [0.2, 0.25) is 0 Å². The molecule has 1 aliphatic carbocycles. The molecule has 2 heterocycles. The Morgan fingerprint density at radius 2 is 2.14 bits per heavy atom. The van der Waals surface area contributed by atoms with Crippen molar-refractivity contribution in [3.05, 3.63) is 51.3 Å². The smallest absolute Gasteiger partial charge is 0.272 e. The largest absolute Gasteiger partial charge is 0.494 e. The summed E-state index contributed by atoms with van der Waals surface area (Å²) in [4.78, 5) is 22.0. The van der Waals surface area contributed by atoms with E-state index < -0.39 is 5.82 Å². The van der Waals surface area contributed by atoms with E-state index >= 15 is 0 Å². The molecule has 0 spiro atoms. The van der Waals surface area contributed by atoms with Gasteiger partial charge in [-0.25, -0.2) is 9.37 Å². The van der Waals surface area contributed by atoms with Crippen LogP contribution in [0.5, 0.6) is 5.75 Å². The zero-order chi connectivity index (χ0) is 20.7. The van der Waals surface area contributed by atoms with Crippen LogP contribution in [0.2, 0.25) is 5.02 Å². The van der Waals surface area contributed by atoms with Crippen LogP contribution in [0.3, 0.4) is 0 Å². The summed E-state index contributed by atoms with van der Waals surface area (Å²) in [6.45, 7) is 3.81. The molecule has 3 aromatic rings. The van der Waals surface area contributed by atoms with E-state index in [4.69, 9.17) is 16.3 Å². The zero-order valence-corrected chi connectivity index (χ0v) is 17.5. The number of aromatic nitrogens is 3. The second kappa shape index (κ2) is 7.75. The third-order valence-corrected chi connectivity index (χ3v) is 6.22. The quantitative estimate of drug-likeness (QED) is 0.566. The van der Waals surface area contributed by atoms with E-state index in [1.54, 1.807) is 13.1 Å². The minimum absolute atomic E-state index is 0.0658. The first kappa shape index (κ1) is 19.8. The van der Waals surface area contributed by atoms with Crippen molar-refractivity contribution >= 4 is 22.6 Å². The van der Waals surface area contributed by atoms with E-state index in [2.05, 4.69) is 16.9 Å². The Morgan fingerprint density at radius 3 is 2.76 bits per heavy atom. The molecule has 7 heteroatoms. The highest BCUT2D eigenvalue weighted by Crippen LogP contribution is 2.40. The topological polar surface area (TPSA) is 57.0 Å². The van der Waals surface area contributed by atoms with Gasteiger partial charge in [-0.1, -0.05) is 24.9 Å². The van der Waals surface area contributed by atoms with Crippen molar-refractivity contribution < 1.29 is 9.13 Å². The van der Waals surface area contributed by atoms with E-state index in [9.17, 15) is 9.18 Å². The minimum Gasteiger partial charge on any atom is -0.494 e. The molecule has 1 aromatic carbocycles. The highest BCUT2D eigenvalue weighted by atomic mass is 35.5. The Labute approximate surface area is 173 Å². The average molecular weight is 416 g/mol. The molecular formula is C22H23ClFN3O2. The molecule has 0 amide bonds. The van der Waals surface area contributed by atoms with Crippen LogP contribution in [0, 0.1) is 18.7 Å². The van der Waals surface area contributed by atoms with Crippen LogP contribution in [0.25, 0.3) is 22.3 Å². The van der Waals surface area contributed by atoms with Crippen LogP contribution in [0.4, 0.5) is 4.39 Å². The van der Waals surface area contributed by atoms with Crippen molar-refractivity contribution in [3.8, 4) is 17.0 Å². The number of benzene rings is 1. The van der Waals surface area contributed by atoms with Gasteiger partial charge in [-0.05, 0) is 44.2 Å². The van der Waals surface area contributed by atoms with Crippen molar-refractivity contribution in [2.75, 3.05) is 7.11 Å². The number of ether oxygens (including phenoxy) is 1. The Morgan fingerprint density at radius 1 is 1.38 bits per heavy atom. The number of hydrogen-bond acceptors (Lipinski definition) is 4. The highest BCUT2D eigenvalue weighted by molar-refractivity contribution is 6.33. The number of halogens is 2. The van der Waals surface area contributed by atoms with Crippen molar-refractivity contribution in [3.63, 3.8) is 0 Å². The summed E-state index contributed by atoms with van der Waals surface area (Å²) in [6.07, 6.45) is 5.93. The third-order valence-electron chi connectivity index (χ3n) is 5.91. The fourth-order valence-electron chi connectivity index (χ4n) is 4.19. The molecular weight excluding hydrogens is 393 g/mol. The fourth-order valence-corrected chi connectivity index (χ4v) is 4.43. The van der Waals surface area contributed by atoms with Gasteiger partial charge in [-0.2, -0.15) is 0 Å². The van der Waals surface area contributed by atoms with Crippen LogP contribution < -0.4 is 10.3 Å². The van der Waals surface area contributed by atoms with Gasteiger partial charge < -0.3 is 9.30 Å².